The summed E-state index contributed by atoms with van der Waals surface area (Å²) in [5, 5.41) is 0. The number of benzene rings is 1. The van der Waals surface area contributed by atoms with Gasteiger partial charge in [0.1, 0.15) is 0 Å². The molecular formula is C19H32N2. The van der Waals surface area contributed by atoms with Gasteiger partial charge in [0, 0.05) is 18.6 Å². The smallest absolute Gasteiger partial charge is 0.0261 e. The Morgan fingerprint density at radius 2 is 1.81 bits per heavy atom. The van der Waals surface area contributed by atoms with Crippen LogP contribution in [-0.4, -0.2) is 30.1 Å². The molecule has 1 aliphatic carbocycles. The second-order valence-corrected chi connectivity index (χ2v) is 6.94. The summed E-state index contributed by atoms with van der Waals surface area (Å²) in [6.07, 6.45) is 7.89. The number of nitrogens with two attached hydrogens (primary N) is 1. The predicted octanol–water partition coefficient (Wildman–Crippen LogP) is 3.85. The molecule has 0 spiro atoms. The maximum absolute atomic E-state index is 6.15. The average molecular weight is 288 g/mol. The highest BCUT2D eigenvalue weighted by Gasteiger charge is 2.27. The van der Waals surface area contributed by atoms with Crippen molar-refractivity contribution in [3.05, 3.63) is 35.9 Å². The van der Waals surface area contributed by atoms with E-state index in [-0.39, 0.29) is 0 Å². The molecule has 1 atom stereocenters. The molecule has 2 nitrogen and oxygen atoms in total. The molecule has 0 amide bonds. The van der Waals surface area contributed by atoms with Gasteiger partial charge < -0.3 is 5.73 Å². The van der Waals surface area contributed by atoms with E-state index in [1.807, 2.05) is 0 Å². The fraction of sp³-hybridized carbons (Fsp3) is 0.684. The van der Waals surface area contributed by atoms with Gasteiger partial charge in [-0.25, -0.2) is 0 Å². The van der Waals surface area contributed by atoms with Crippen LogP contribution in [0, 0.1) is 5.92 Å². The third kappa shape index (κ3) is 5.12. The highest BCUT2D eigenvalue weighted by atomic mass is 15.2. The van der Waals surface area contributed by atoms with Gasteiger partial charge in [-0.3, -0.25) is 4.90 Å². The Kier molecular flexibility index (Phi) is 6.72. The summed E-state index contributed by atoms with van der Waals surface area (Å²) in [7, 11) is 0. The van der Waals surface area contributed by atoms with E-state index in [2.05, 4.69) is 49.1 Å². The first-order chi connectivity index (χ1) is 10.2. The first-order valence-electron chi connectivity index (χ1n) is 8.70. The topological polar surface area (TPSA) is 29.3 Å². The molecule has 1 aliphatic rings. The van der Waals surface area contributed by atoms with Crippen molar-refractivity contribution in [1.29, 1.82) is 0 Å². The summed E-state index contributed by atoms with van der Waals surface area (Å²) < 4.78 is 0. The fourth-order valence-electron chi connectivity index (χ4n) is 3.53. The van der Waals surface area contributed by atoms with Crippen LogP contribution in [0.15, 0.2) is 30.3 Å². The van der Waals surface area contributed by atoms with Gasteiger partial charge >= 0.3 is 0 Å². The van der Waals surface area contributed by atoms with Gasteiger partial charge in [-0.15, -0.1) is 0 Å². The molecule has 0 saturated heterocycles. The number of hydrogen-bond acceptors (Lipinski definition) is 2. The Morgan fingerprint density at radius 3 is 2.38 bits per heavy atom. The van der Waals surface area contributed by atoms with Gasteiger partial charge in [0.2, 0.25) is 0 Å². The molecule has 2 rings (SSSR count). The van der Waals surface area contributed by atoms with Crippen molar-refractivity contribution in [2.75, 3.05) is 13.1 Å². The molecule has 0 aliphatic heterocycles. The van der Waals surface area contributed by atoms with Gasteiger partial charge in [0.05, 0.1) is 0 Å². The van der Waals surface area contributed by atoms with E-state index in [1.54, 1.807) is 0 Å². The van der Waals surface area contributed by atoms with E-state index in [0.717, 1.165) is 24.9 Å². The molecule has 1 fully saturated rings. The zero-order valence-corrected chi connectivity index (χ0v) is 13.8. The summed E-state index contributed by atoms with van der Waals surface area (Å²) >= 11 is 0. The number of rotatable bonds is 8. The molecule has 21 heavy (non-hydrogen) atoms. The van der Waals surface area contributed by atoms with E-state index < -0.39 is 0 Å². The van der Waals surface area contributed by atoms with Crippen LogP contribution in [-0.2, 0) is 6.42 Å². The van der Waals surface area contributed by atoms with Crippen LogP contribution in [0.1, 0.15) is 51.5 Å². The Bertz CT molecular complexity index is 382. The molecule has 0 bridgehead atoms. The molecule has 1 aromatic rings. The van der Waals surface area contributed by atoms with Gasteiger partial charge in [-0.1, -0.05) is 57.0 Å². The molecule has 0 aromatic heterocycles. The Hall–Kier alpha value is -0.860. The maximum atomic E-state index is 6.15. The minimum Gasteiger partial charge on any atom is -0.329 e. The van der Waals surface area contributed by atoms with Gasteiger partial charge in [0.25, 0.3) is 0 Å². The van der Waals surface area contributed by atoms with Crippen molar-refractivity contribution < 1.29 is 0 Å². The van der Waals surface area contributed by atoms with Crippen LogP contribution in [0.3, 0.4) is 0 Å². The van der Waals surface area contributed by atoms with Crippen molar-refractivity contribution in [1.82, 2.24) is 4.90 Å². The van der Waals surface area contributed by atoms with Gasteiger partial charge in [-0.05, 0) is 43.7 Å². The van der Waals surface area contributed by atoms with E-state index in [4.69, 9.17) is 5.73 Å². The lowest BCUT2D eigenvalue weighted by molar-refractivity contribution is 0.130. The molecule has 1 saturated carbocycles. The Morgan fingerprint density at radius 1 is 1.14 bits per heavy atom. The largest absolute Gasteiger partial charge is 0.329 e. The van der Waals surface area contributed by atoms with Crippen molar-refractivity contribution >= 4 is 0 Å². The van der Waals surface area contributed by atoms with E-state index >= 15 is 0 Å². The van der Waals surface area contributed by atoms with Crippen LogP contribution in [0.4, 0.5) is 0 Å². The number of hydrogen-bond donors (Lipinski definition) is 1. The Labute approximate surface area is 130 Å². The highest BCUT2D eigenvalue weighted by Crippen LogP contribution is 2.26. The van der Waals surface area contributed by atoms with Crippen LogP contribution < -0.4 is 5.73 Å². The summed E-state index contributed by atoms with van der Waals surface area (Å²) in [5.74, 6) is 0.768. The van der Waals surface area contributed by atoms with Gasteiger partial charge in [0.15, 0.2) is 0 Å². The molecule has 2 N–H and O–H groups in total. The lowest BCUT2D eigenvalue weighted by atomic mass is 10.0. The monoisotopic (exact) mass is 288 g/mol. The summed E-state index contributed by atoms with van der Waals surface area (Å²) in [4.78, 5) is 2.74. The second-order valence-electron chi connectivity index (χ2n) is 6.94. The predicted molar refractivity (Wildman–Crippen MR) is 91.4 cm³/mol. The SMILES string of the molecule is CC(C)CCN(C1CCCC1)C(CN)Cc1ccccc1. The van der Waals surface area contributed by atoms with Crippen LogP contribution >= 0.6 is 0 Å². The molecule has 118 valence electrons. The quantitative estimate of drug-likeness (QED) is 0.787. The van der Waals surface area contributed by atoms with E-state index in [0.29, 0.717) is 6.04 Å². The normalized spacial score (nSPS) is 17.8. The third-order valence-electron chi connectivity index (χ3n) is 4.81. The minimum absolute atomic E-state index is 0.495. The first kappa shape index (κ1) is 16.5. The lowest BCUT2D eigenvalue weighted by Crippen LogP contribution is -2.47. The van der Waals surface area contributed by atoms with Crippen molar-refractivity contribution in [3.63, 3.8) is 0 Å². The van der Waals surface area contributed by atoms with Crippen molar-refractivity contribution in [2.45, 2.75) is 64.5 Å². The summed E-state index contributed by atoms with van der Waals surface area (Å²) in [6, 6.07) is 12.1. The fourth-order valence-corrected chi connectivity index (χ4v) is 3.53. The zero-order valence-electron chi connectivity index (χ0n) is 13.8. The van der Waals surface area contributed by atoms with Crippen molar-refractivity contribution in [3.8, 4) is 0 Å². The standard InChI is InChI=1S/C19H32N2/c1-16(2)12-13-21(18-10-6-7-11-18)19(15-20)14-17-8-4-3-5-9-17/h3-5,8-9,16,18-19H,6-7,10-15,20H2,1-2H3. The third-order valence-corrected chi connectivity index (χ3v) is 4.81. The molecular weight excluding hydrogens is 256 g/mol. The molecule has 0 radical (unpaired) electrons. The van der Waals surface area contributed by atoms with Crippen molar-refractivity contribution in [2.24, 2.45) is 11.7 Å². The summed E-state index contributed by atoms with van der Waals surface area (Å²) in [6.45, 7) is 6.61. The molecule has 1 aromatic carbocycles. The Balaban J connectivity index is 2.04. The molecule has 0 heterocycles. The van der Waals surface area contributed by atoms with Crippen LogP contribution in [0.25, 0.3) is 0 Å². The van der Waals surface area contributed by atoms with Gasteiger partial charge in [-0.2, -0.15) is 0 Å². The lowest BCUT2D eigenvalue weighted by Gasteiger charge is -2.36. The van der Waals surface area contributed by atoms with Crippen LogP contribution in [0.5, 0.6) is 0 Å². The minimum atomic E-state index is 0.495. The highest BCUT2D eigenvalue weighted by molar-refractivity contribution is 5.16. The van der Waals surface area contributed by atoms with Crippen LogP contribution in [0.2, 0.25) is 0 Å². The summed E-state index contributed by atoms with van der Waals surface area (Å²) in [5.41, 5.74) is 7.57. The van der Waals surface area contributed by atoms with E-state index in [1.165, 1.54) is 44.2 Å². The maximum Gasteiger partial charge on any atom is 0.0261 e. The number of nitrogens with zero attached hydrogens (tertiary/aromatic N) is 1. The zero-order chi connectivity index (χ0) is 15.1. The van der Waals surface area contributed by atoms with E-state index in [9.17, 15) is 0 Å². The molecule has 1 unspecified atom stereocenters. The second kappa shape index (κ2) is 8.55. The molecule has 2 heteroatoms. The average Bonchev–Trinajstić information content (AvgIpc) is 3.01. The first-order valence-corrected chi connectivity index (χ1v) is 8.70.